The Morgan fingerprint density at radius 3 is 1.91 bits per heavy atom. The molecule has 0 radical (unpaired) electrons. The Morgan fingerprint density at radius 2 is 1.28 bits per heavy atom. The molecule has 6 nitrogen and oxygen atoms in total. The molecular weight excluding hydrogens is 404 g/mol. The van der Waals surface area contributed by atoms with Gasteiger partial charge in [0.15, 0.2) is 0 Å². The molecule has 0 aliphatic heterocycles. The molecule has 2 amide bonds. The average molecular weight is 426 g/mol. The minimum atomic E-state index is -0.612. The third kappa shape index (κ3) is 4.30. The minimum Gasteiger partial charge on any atom is -0.465 e. The topological polar surface area (TPSA) is 75.7 Å². The first-order valence-corrected chi connectivity index (χ1v) is 10.3. The summed E-state index contributed by atoms with van der Waals surface area (Å²) in [6.07, 6.45) is 0. The number of rotatable bonds is 5. The number of amides is 2. The van der Waals surface area contributed by atoms with Gasteiger partial charge in [0, 0.05) is 11.1 Å². The first-order chi connectivity index (χ1) is 15.6. The zero-order chi connectivity index (χ0) is 22.5. The Labute approximate surface area is 185 Å². The Kier molecular flexibility index (Phi) is 6.12. The maximum atomic E-state index is 13.4. The molecule has 0 heterocycles. The summed E-state index contributed by atoms with van der Waals surface area (Å²) in [5.74, 6) is -1.59. The van der Waals surface area contributed by atoms with Gasteiger partial charge in [-0.25, -0.2) is 5.01 Å². The first-order valence-electron chi connectivity index (χ1n) is 10.3. The van der Waals surface area contributed by atoms with E-state index < -0.39 is 24.3 Å². The fourth-order valence-corrected chi connectivity index (χ4v) is 3.66. The van der Waals surface area contributed by atoms with Crippen LogP contribution in [-0.2, 0) is 9.53 Å². The highest BCUT2D eigenvalue weighted by atomic mass is 16.5. The van der Waals surface area contributed by atoms with Crippen molar-refractivity contribution < 1.29 is 19.1 Å². The summed E-state index contributed by atoms with van der Waals surface area (Å²) in [6, 6.07) is 25.6. The molecule has 0 aliphatic rings. The maximum Gasteiger partial charge on any atom is 0.327 e. The molecule has 0 saturated carbocycles. The predicted molar refractivity (Wildman–Crippen MR) is 123 cm³/mol. The molecular formula is C26H22N2O4. The van der Waals surface area contributed by atoms with E-state index in [0.717, 1.165) is 26.6 Å². The smallest absolute Gasteiger partial charge is 0.327 e. The van der Waals surface area contributed by atoms with Crippen molar-refractivity contribution >= 4 is 39.3 Å². The van der Waals surface area contributed by atoms with E-state index in [1.54, 1.807) is 31.2 Å². The first kappa shape index (κ1) is 21.1. The number of carbonyl (C=O) groups excluding carboxylic acids is 3. The van der Waals surface area contributed by atoms with Crippen molar-refractivity contribution in [2.75, 3.05) is 13.2 Å². The van der Waals surface area contributed by atoms with Gasteiger partial charge in [0.25, 0.3) is 11.8 Å². The SMILES string of the molecule is CCOC(=O)CN(NC(=O)c1cccc2ccccc12)C(=O)c1cccc2ccccc12. The molecule has 32 heavy (non-hydrogen) atoms. The van der Waals surface area contributed by atoms with E-state index in [-0.39, 0.29) is 6.61 Å². The van der Waals surface area contributed by atoms with E-state index in [1.165, 1.54) is 0 Å². The standard InChI is InChI=1S/C26H22N2O4/c1-2-32-24(29)17-28(26(31)23-16-8-12-19-10-4-6-14-21(19)23)27-25(30)22-15-7-11-18-9-3-5-13-20(18)22/h3-16H,2,17H2,1H3,(H,27,30). The summed E-state index contributed by atoms with van der Waals surface area (Å²) in [4.78, 5) is 38.8. The summed E-state index contributed by atoms with van der Waals surface area (Å²) < 4.78 is 5.02. The highest BCUT2D eigenvalue weighted by molar-refractivity contribution is 6.10. The number of nitrogens with one attached hydrogen (secondary N) is 1. The van der Waals surface area contributed by atoms with Crippen molar-refractivity contribution in [3.63, 3.8) is 0 Å². The molecule has 0 atom stereocenters. The molecule has 0 fully saturated rings. The summed E-state index contributed by atoms with van der Waals surface area (Å²) >= 11 is 0. The molecule has 4 aromatic carbocycles. The molecule has 1 N–H and O–H groups in total. The molecule has 4 aromatic rings. The maximum absolute atomic E-state index is 13.4. The molecule has 160 valence electrons. The lowest BCUT2D eigenvalue weighted by atomic mass is 10.0. The third-order valence-electron chi connectivity index (χ3n) is 5.13. The monoisotopic (exact) mass is 426 g/mol. The second-order valence-corrected chi connectivity index (χ2v) is 7.19. The molecule has 0 spiro atoms. The van der Waals surface area contributed by atoms with Crippen molar-refractivity contribution in [3.05, 3.63) is 96.1 Å². The summed E-state index contributed by atoms with van der Waals surface area (Å²) in [5, 5.41) is 4.28. The number of nitrogens with zero attached hydrogens (tertiary/aromatic N) is 1. The number of hydrogen-bond donors (Lipinski definition) is 1. The fourth-order valence-electron chi connectivity index (χ4n) is 3.66. The van der Waals surface area contributed by atoms with Gasteiger partial charge in [0.1, 0.15) is 6.54 Å². The molecule has 0 aromatic heterocycles. The van der Waals surface area contributed by atoms with Crippen LogP contribution in [-0.4, -0.2) is 35.9 Å². The molecule has 0 saturated heterocycles. The second-order valence-electron chi connectivity index (χ2n) is 7.19. The van der Waals surface area contributed by atoms with Crippen molar-refractivity contribution in [1.29, 1.82) is 0 Å². The van der Waals surface area contributed by atoms with E-state index in [2.05, 4.69) is 5.43 Å². The highest BCUT2D eigenvalue weighted by Gasteiger charge is 2.24. The van der Waals surface area contributed by atoms with Crippen LogP contribution in [0.25, 0.3) is 21.5 Å². The van der Waals surface area contributed by atoms with E-state index in [1.807, 2.05) is 60.7 Å². The van der Waals surface area contributed by atoms with Crippen LogP contribution in [0.5, 0.6) is 0 Å². The molecule has 0 unspecified atom stereocenters. The van der Waals surface area contributed by atoms with Crippen LogP contribution in [0.15, 0.2) is 84.9 Å². The normalized spacial score (nSPS) is 10.7. The van der Waals surface area contributed by atoms with Crippen LogP contribution < -0.4 is 5.43 Å². The number of benzene rings is 4. The van der Waals surface area contributed by atoms with Crippen molar-refractivity contribution in [2.24, 2.45) is 0 Å². The summed E-state index contributed by atoms with van der Waals surface area (Å²) in [7, 11) is 0. The number of esters is 1. The number of carbonyl (C=O) groups is 3. The van der Waals surface area contributed by atoms with E-state index in [4.69, 9.17) is 4.74 Å². The lowest BCUT2D eigenvalue weighted by Gasteiger charge is -2.23. The lowest BCUT2D eigenvalue weighted by molar-refractivity contribution is -0.144. The van der Waals surface area contributed by atoms with Crippen molar-refractivity contribution in [3.8, 4) is 0 Å². The average Bonchev–Trinajstić information content (AvgIpc) is 2.82. The fraction of sp³-hybridized carbons (Fsp3) is 0.115. The number of hydrazine groups is 1. The minimum absolute atomic E-state index is 0.173. The van der Waals surface area contributed by atoms with Gasteiger partial charge >= 0.3 is 5.97 Å². The Morgan fingerprint density at radius 1 is 0.750 bits per heavy atom. The number of hydrogen-bond acceptors (Lipinski definition) is 4. The summed E-state index contributed by atoms with van der Waals surface area (Å²) in [5.41, 5.74) is 3.41. The Balaban J connectivity index is 1.69. The van der Waals surface area contributed by atoms with Gasteiger partial charge in [-0.1, -0.05) is 72.8 Å². The van der Waals surface area contributed by atoms with E-state index >= 15 is 0 Å². The van der Waals surface area contributed by atoms with E-state index in [9.17, 15) is 14.4 Å². The van der Waals surface area contributed by atoms with Crippen LogP contribution in [0.3, 0.4) is 0 Å². The second kappa shape index (κ2) is 9.31. The molecule has 0 bridgehead atoms. The Hall–Kier alpha value is -4.19. The van der Waals surface area contributed by atoms with Gasteiger partial charge in [0.2, 0.25) is 0 Å². The van der Waals surface area contributed by atoms with Gasteiger partial charge in [-0.3, -0.25) is 19.8 Å². The van der Waals surface area contributed by atoms with Gasteiger partial charge < -0.3 is 4.74 Å². The zero-order valence-corrected chi connectivity index (χ0v) is 17.6. The number of fused-ring (bicyclic) bond motifs is 2. The van der Waals surface area contributed by atoms with E-state index in [0.29, 0.717) is 11.1 Å². The van der Waals surface area contributed by atoms with Crippen LogP contribution in [0.1, 0.15) is 27.6 Å². The van der Waals surface area contributed by atoms with Crippen molar-refractivity contribution in [2.45, 2.75) is 6.92 Å². The van der Waals surface area contributed by atoms with Crippen LogP contribution in [0.2, 0.25) is 0 Å². The molecule has 4 rings (SSSR count). The zero-order valence-electron chi connectivity index (χ0n) is 17.6. The van der Waals surface area contributed by atoms with Gasteiger partial charge in [0.05, 0.1) is 6.61 Å². The van der Waals surface area contributed by atoms with Crippen LogP contribution >= 0.6 is 0 Å². The van der Waals surface area contributed by atoms with Gasteiger partial charge in [-0.15, -0.1) is 0 Å². The predicted octanol–water partition coefficient (Wildman–Crippen LogP) is 4.34. The Bertz CT molecular complexity index is 1300. The van der Waals surface area contributed by atoms with Gasteiger partial charge in [-0.05, 0) is 40.6 Å². The quantitative estimate of drug-likeness (QED) is 0.380. The van der Waals surface area contributed by atoms with Gasteiger partial charge in [-0.2, -0.15) is 0 Å². The highest BCUT2D eigenvalue weighted by Crippen LogP contribution is 2.21. The van der Waals surface area contributed by atoms with Crippen LogP contribution in [0.4, 0.5) is 0 Å². The molecule has 6 heteroatoms. The number of ether oxygens (including phenoxy) is 1. The molecule has 0 aliphatic carbocycles. The van der Waals surface area contributed by atoms with Crippen molar-refractivity contribution in [1.82, 2.24) is 10.4 Å². The summed E-state index contributed by atoms with van der Waals surface area (Å²) in [6.45, 7) is 1.45. The van der Waals surface area contributed by atoms with Crippen LogP contribution in [0, 0.1) is 0 Å². The lowest BCUT2D eigenvalue weighted by Crippen LogP contribution is -2.49. The third-order valence-corrected chi connectivity index (χ3v) is 5.13. The largest absolute Gasteiger partial charge is 0.465 e.